The summed E-state index contributed by atoms with van der Waals surface area (Å²) in [7, 11) is 0. The molecule has 0 aliphatic carbocycles. The van der Waals surface area contributed by atoms with Gasteiger partial charge in [-0.1, -0.05) is 0 Å². The van der Waals surface area contributed by atoms with Crippen LogP contribution in [-0.2, 0) is 0 Å². The number of nitrogens with zero attached hydrogens (tertiary/aromatic N) is 4. The Labute approximate surface area is 145 Å². The molecule has 2 amide bonds. The van der Waals surface area contributed by atoms with Crippen LogP contribution in [0.5, 0.6) is 5.88 Å². The maximum atomic E-state index is 12.8. The second kappa shape index (κ2) is 7.78. The van der Waals surface area contributed by atoms with Crippen molar-refractivity contribution in [1.82, 2.24) is 24.8 Å². The molecule has 0 saturated carbocycles. The molecule has 132 valence electrons. The Bertz CT molecular complexity index is 732. The van der Waals surface area contributed by atoms with Gasteiger partial charge in [-0.15, -0.1) is 0 Å². The van der Waals surface area contributed by atoms with Gasteiger partial charge in [-0.3, -0.25) is 9.59 Å². The van der Waals surface area contributed by atoms with Crippen molar-refractivity contribution in [2.24, 2.45) is 0 Å². The standard InChI is InChI=1S/C17H21N5O3/c1-2-25-15-13(5-3-6-19-15)16(23)21-7-4-8-22(10-9-21)17(24)14-11-18-12-20-14/h3,5-6,11-12H,2,4,7-10H2,1H3,(H,18,20). The first-order chi connectivity index (χ1) is 12.2. The number of amides is 2. The predicted octanol–water partition coefficient (Wildman–Crippen LogP) is 1.19. The third-order valence-electron chi connectivity index (χ3n) is 4.08. The van der Waals surface area contributed by atoms with E-state index < -0.39 is 0 Å². The second-order valence-corrected chi connectivity index (χ2v) is 5.69. The summed E-state index contributed by atoms with van der Waals surface area (Å²) >= 11 is 0. The zero-order valence-corrected chi connectivity index (χ0v) is 14.1. The minimum atomic E-state index is -0.118. The van der Waals surface area contributed by atoms with E-state index in [1.807, 2.05) is 6.92 Å². The molecule has 2 aromatic rings. The molecule has 3 heterocycles. The fourth-order valence-electron chi connectivity index (χ4n) is 2.84. The zero-order valence-electron chi connectivity index (χ0n) is 14.1. The van der Waals surface area contributed by atoms with E-state index >= 15 is 0 Å². The lowest BCUT2D eigenvalue weighted by molar-refractivity contribution is 0.0713. The Morgan fingerprint density at radius 1 is 1.20 bits per heavy atom. The summed E-state index contributed by atoms with van der Waals surface area (Å²) in [4.78, 5) is 39.6. The van der Waals surface area contributed by atoms with Crippen LogP contribution in [0.1, 0.15) is 34.2 Å². The van der Waals surface area contributed by atoms with Crippen LogP contribution in [-0.4, -0.2) is 69.4 Å². The molecule has 0 unspecified atom stereocenters. The van der Waals surface area contributed by atoms with E-state index in [4.69, 9.17) is 4.74 Å². The maximum absolute atomic E-state index is 12.8. The Morgan fingerprint density at radius 3 is 2.64 bits per heavy atom. The van der Waals surface area contributed by atoms with Gasteiger partial charge in [-0.05, 0) is 25.5 Å². The van der Waals surface area contributed by atoms with Crippen molar-refractivity contribution in [1.29, 1.82) is 0 Å². The van der Waals surface area contributed by atoms with Crippen LogP contribution < -0.4 is 4.74 Å². The molecule has 0 aromatic carbocycles. The molecule has 1 saturated heterocycles. The van der Waals surface area contributed by atoms with Crippen LogP contribution in [0.2, 0.25) is 0 Å². The predicted molar refractivity (Wildman–Crippen MR) is 90.4 cm³/mol. The van der Waals surface area contributed by atoms with Crippen molar-refractivity contribution >= 4 is 11.8 Å². The first kappa shape index (κ1) is 16.9. The molecule has 0 atom stereocenters. The van der Waals surface area contributed by atoms with Gasteiger partial charge in [0.25, 0.3) is 11.8 Å². The number of carbonyl (C=O) groups excluding carboxylic acids is 2. The first-order valence-corrected chi connectivity index (χ1v) is 8.35. The molecule has 0 bridgehead atoms. The summed E-state index contributed by atoms with van der Waals surface area (Å²) in [5.74, 6) is 0.139. The number of pyridine rings is 1. The lowest BCUT2D eigenvalue weighted by Gasteiger charge is -2.22. The van der Waals surface area contributed by atoms with Crippen molar-refractivity contribution in [3.8, 4) is 5.88 Å². The highest BCUT2D eigenvalue weighted by Gasteiger charge is 2.25. The van der Waals surface area contributed by atoms with Gasteiger partial charge in [0, 0.05) is 32.4 Å². The van der Waals surface area contributed by atoms with Crippen LogP contribution in [0.4, 0.5) is 0 Å². The van der Waals surface area contributed by atoms with E-state index in [9.17, 15) is 9.59 Å². The average molecular weight is 343 g/mol. The molecular formula is C17H21N5O3. The van der Waals surface area contributed by atoms with Crippen LogP contribution in [0.15, 0.2) is 30.9 Å². The first-order valence-electron chi connectivity index (χ1n) is 8.35. The zero-order chi connectivity index (χ0) is 17.6. The molecule has 8 nitrogen and oxygen atoms in total. The number of imidazole rings is 1. The minimum Gasteiger partial charge on any atom is -0.477 e. The number of H-pyrrole nitrogens is 1. The van der Waals surface area contributed by atoms with Crippen LogP contribution in [0, 0.1) is 0 Å². The summed E-state index contributed by atoms with van der Waals surface area (Å²) in [6, 6.07) is 3.44. The fraction of sp³-hybridized carbons (Fsp3) is 0.412. The summed E-state index contributed by atoms with van der Waals surface area (Å²) in [6.45, 7) is 4.45. The van der Waals surface area contributed by atoms with E-state index in [0.717, 1.165) is 6.42 Å². The van der Waals surface area contributed by atoms with Gasteiger partial charge in [0.2, 0.25) is 5.88 Å². The van der Waals surface area contributed by atoms with Gasteiger partial charge < -0.3 is 19.5 Å². The molecule has 1 fully saturated rings. The Balaban J connectivity index is 1.69. The molecule has 8 heteroatoms. The molecule has 1 aliphatic heterocycles. The van der Waals surface area contributed by atoms with E-state index in [-0.39, 0.29) is 11.8 Å². The lowest BCUT2D eigenvalue weighted by Crippen LogP contribution is -2.37. The van der Waals surface area contributed by atoms with E-state index in [1.165, 1.54) is 12.5 Å². The number of aromatic nitrogens is 3. The molecule has 1 N–H and O–H groups in total. The van der Waals surface area contributed by atoms with Gasteiger partial charge in [0.05, 0.1) is 19.1 Å². The van der Waals surface area contributed by atoms with Gasteiger partial charge in [0.1, 0.15) is 11.3 Å². The number of ether oxygens (including phenoxy) is 1. The van der Waals surface area contributed by atoms with Crippen LogP contribution in [0.25, 0.3) is 0 Å². The summed E-state index contributed by atoms with van der Waals surface area (Å²) in [5.41, 5.74) is 0.920. The van der Waals surface area contributed by atoms with Crippen LogP contribution >= 0.6 is 0 Å². The molecule has 0 spiro atoms. The van der Waals surface area contributed by atoms with Crippen molar-refractivity contribution < 1.29 is 14.3 Å². The highest BCUT2D eigenvalue weighted by Crippen LogP contribution is 2.18. The van der Waals surface area contributed by atoms with Gasteiger partial charge in [0.15, 0.2) is 0 Å². The third kappa shape index (κ3) is 3.78. The average Bonchev–Trinajstić information content (AvgIpc) is 3.06. The normalized spacial score (nSPS) is 14.9. The SMILES string of the molecule is CCOc1ncccc1C(=O)N1CCCN(C(=O)c2cnc[nH]2)CC1. The summed E-state index contributed by atoms with van der Waals surface area (Å²) in [6.07, 6.45) is 5.32. The molecular weight excluding hydrogens is 322 g/mol. The number of hydrogen-bond donors (Lipinski definition) is 1. The molecule has 2 aromatic heterocycles. The third-order valence-corrected chi connectivity index (χ3v) is 4.08. The van der Waals surface area contributed by atoms with Crippen molar-refractivity contribution in [3.63, 3.8) is 0 Å². The highest BCUT2D eigenvalue weighted by molar-refractivity contribution is 5.96. The quantitative estimate of drug-likeness (QED) is 0.900. The van der Waals surface area contributed by atoms with Gasteiger partial charge in [-0.25, -0.2) is 9.97 Å². The fourth-order valence-corrected chi connectivity index (χ4v) is 2.84. The topological polar surface area (TPSA) is 91.4 Å². The van der Waals surface area contributed by atoms with Crippen molar-refractivity contribution in [2.75, 3.05) is 32.8 Å². The summed E-state index contributed by atoms with van der Waals surface area (Å²) < 4.78 is 5.45. The molecule has 3 rings (SSSR count). The van der Waals surface area contributed by atoms with Crippen molar-refractivity contribution in [2.45, 2.75) is 13.3 Å². The molecule has 25 heavy (non-hydrogen) atoms. The highest BCUT2D eigenvalue weighted by atomic mass is 16.5. The number of hydrogen-bond acceptors (Lipinski definition) is 5. The smallest absolute Gasteiger partial charge is 0.271 e. The Kier molecular flexibility index (Phi) is 5.27. The monoisotopic (exact) mass is 343 g/mol. The number of rotatable bonds is 4. The van der Waals surface area contributed by atoms with Gasteiger partial charge in [-0.2, -0.15) is 0 Å². The number of nitrogens with one attached hydrogen (secondary N) is 1. The Morgan fingerprint density at radius 2 is 1.96 bits per heavy atom. The van der Waals surface area contributed by atoms with E-state index in [1.54, 1.807) is 28.1 Å². The number of aromatic amines is 1. The Hall–Kier alpha value is -2.90. The second-order valence-electron chi connectivity index (χ2n) is 5.69. The van der Waals surface area contributed by atoms with E-state index in [0.29, 0.717) is 49.9 Å². The maximum Gasteiger partial charge on any atom is 0.271 e. The van der Waals surface area contributed by atoms with Gasteiger partial charge >= 0.3 is 0 Å². The van der Waals surface area contributed by atoms with E-state index in [2.05, 4.69) is 15.0 Å². The van der Waals surface area contributed by atoms with Crippen LogP contribution in [0.3, 0.4) is 0 Å². The lowest BCUT2D eigenvalue weighted by atomic mass is 10.2. The van der Waals surface area contributed by atoms with Crippen molar-refractivity contribution in [3.05, 3.63) is 42.1 Å². The summed E-state index contributed by atoms with van der Waals surface area (Å²) in [5, 5.41) is 0. The molecule has 1 aliphatic rings. The largest absolute Gasteiger partial charge is 0.477 e. The molecule has 0 radical (unpaired) electrons. The minimum absolute atomic E-state index is 0.0943. The number of carbonyl (C=O) groups is 2.